The zero-order chi connectivity index (χ0) is 14.1. The summed E-state index contributed by atoms with van der Waals surface area (Å²) in [6.45, 7) is 16.2. The summed E-state index contributed by atoms with van der Waals surface area (Å²) in [5.74, 6) is 0.277. The van der Waals surface area contributed by atoms with Gasteiger partial charge in [-0.2, -0.15) is 0 Å². The Bertz CT molecular complexity index is 290. The van der Waals surface area contributed by atoms with Gasteiger partial charge in [0.25, 0.3) is 0 Å². The van der Waals surface area contributed by atoms with E-state index in [0.717, 1.165) is 25.2 Å². The Kier molecular flexibility index (Phi) is 8.17. The van der Waals surface area contributed by atoms with Crippen LogP contribution >= 0.6 is 0 Å². The van der Waals surface area contributed by atoms with Crippen molar-refractivity contribution in [2.45, 2.75) is 47.1 Å². The lowest BCUT2D eigenvalue weighted by Gasteiger charge is -2.25. The Morgan fingerprint density at radius 3 is 2.33 bits per heavy atom. The summed E-state index contributed by atoms with van der Waals surface area (Å²) in [4.78, 5) is 2.21. The minimum atomic E-state index is 0.277. The third kappa shape index (κ3) is 6.48. The fraction of sp³-hybridized carbons (Fsp3) is 0.667. The van der Waals surface area contributed by atoms with Crippen molar-refractivity contribution < 1.29 is 0 Å². The molecular weight excluding hydrogens is 222 g/mol. The fourth-order valence-electron chi connectivity index (χ4n) is 1.60. The monoisotopic (exact) mass is 251 g/mol. The average molecular weight is 251 g/mol. The summed E-state index contributed by atoms with van der Waals surface area (Å²) < 4.78 is 0. The molecule has 0 amide bonds. The summed E-state index contributed by atoms with van der Waals surface area (Å²) in [5.41, 5.74) is 1.82. The first-order chi connectivity index (χ1) is 8.42. The minimum Gasteiger partial charge on any atom is -0.389 e. The van der Waals surface area contributed by atoms with E-state index in [9.17, 15) is 0 Å². The van der Waals surface area contributed by atoms with Crippen LogP contribution in [0, 0.1) is 11.3 Å². The van der Waals surface area contributed by atoms with Gasteiger partial charge in [0, 0.05) is 37.0 Å². The maximum Gasteiger partial charge on any atom is 0.0356 e. The number of nitrogens with zero attached hydrogens (tertiary/aromatic N) is 1. The highest BCUT2D eigenvalue weighted by molar-refractivity contribution is 5.94. The molecule has 0 unspecified atom stereocenters. The number of hydrogen-bond donors (Lipinski definition) is 2. The Morgan fingerprint density at radius 2 is 1.94 bits per heavy atom. The molecule has 0 saturated heterocycles. The molecule has 0 saturated carbocycles. The Labute approximate surface area is 112 Å². The Balaban J connectivity index is 4.53. The van der Waals surface area contributed by atoms with Gasteiger partial charge in [0.1, 0.15) is 0 Å². The highest BCUT2D eigenvalue weighted by Gasteiger charge is 2.06. The Morgan fingerprint density at radius 1 is 1.33 bits per heavy atom. The molecule has 0 fully saturated rings. The summed E-state index contributed by atoms with van der Waals surface area (Å²) in [7, 11) is 0. The molecule has 0 heterocycles. The van der Waals surface area contributed by atoms with Crippen LogP contribution in [-0.2, 0) is 0 Å². The van der Waals surface area contributed by atoms with Gasteiger partial charge in [-0.1, -0.05) is 20.4 Å². The van der Waals surface area contributed by atoms with Gasteiger partial charge in [-0.3, -0.25) is 0 Å². The van der Waals surface area contributed by atoms with E-state index in [-0.39, 0.29) is 5.92 Å². The van der Waals surface area contributed by atoms with E-state index in [1.165, 1.54) is 0 Å². The molecule has 0 spiro atoms. The third-order valence-electron chi connectivity index (χ3n) is 2.89. The molecule has 3 heteroatoms. The molecule has 0 radical (unpaired) electrons. The Hall–Kier alpha value is -1.25. The second-order valence-electron chi connectivity index (χ2n) is 5.07. The fourth-order valence-corrected chi connectivity index (χ4v) is 1.60. The van der Waals surface area contributed by atoms with E-state index in [4.69, 9.17) is 5.41 Å². The molecule has 104 valence electrons. The zero-order valence-corrected chi connectivity index (χ0v) is 12.6. The molecule has 0 bridgehead atoms. The van der Waals surface area contributed by atoms with Gasteiger partial charge in [0.15, 0.2) is 0 Å². The van der Waals surface area contributed by atoms with Crippen LogP contribution in [0.4, 0.5) is 0 Å². The van der Waals surface area contributed by atoms with Gasteiger partial charge in [-0.05, 0) is 39.0 Å². The molecule has 0 rings (SSSR count). The van der Waals surface area contributed by atoms with E-state index >= 15 is 0 Å². The molecule has 3 nitrogen and oxygen atoms in total. The highest BCUT2D eigenvalue weighted by Crippen LogP contribution is 2.07. The van der Waals surface area contributed by atoms with Gasteiger partial charge in [-0.15, -0.1) is 0 Å². The minimum absolute atomic E-state index is 0.277. The van der Waals surface area contributed by atoms with Crippen LogP contribution < -0.4 is 5.32 Å². The number of nitrogens with one attached hydrogen (secondary N) is 2. The third-order valence-corrected chi connectivity index (χ3v) is 2.89. The van der Waals surface area contributed by atoms with Crippen molar-refractivity contribution >= 4 is 5.71 Å². The molecule has 0 aliphatic carbocycles. The van der Waals surface area contributed by atoms with Crippen LogP contribution in [0.1, 0.15) is 41.0 Å². The van der Waals surface area contributed by atoms with Crippen molar-refractivity contribution in [1.29, 1.82) is 5.41 Å². The number of rotatable bonds is 9. The van der Waals surface area contributed by atoms with Crippen LogP contribution in [0.3, 0.4) is 0 Å². The first-order valence-electron chi connectivity index (χ1n) is 6.83. The van der Waals surface area contributed by atoms with Crippen LogP contribution in [0.15, 0.2) is 24.6 Å². The average Bonchev–Trinajstić information content (AvgIpc) is 2.29. The first-order valence-corrected chi connectivity index (χ1v) is 6.83. The van der Waals surface area contributed by atoms with E-state index in [1.54, 1.807) is 0 Å². The van der Waals surface area contributed by atoms with Crippen LogP contribution in [0.5, 0.6) is 0 Å². The van der Waals surface area contributed by atoms with Gasteiger partial charge >= 0.3 is 0 Å². The summed E-state index contributed by atoms with van der Waals surface area (Å²) in [6.07, 6.45) is 4.78. The summed E-state index contributed by atoms with van der Waals surface area (Å²) in [6, 6.07) is 0.468. The first kappa shape index (κ1) is 16.8. The van der Waals surface area contributed by atoms with E-state index < -0.39 is 0 Å². The molecule has 2 N–H and O–H groups in total. The van der Waals surface area contributed by atoms with Crippen molar-refractivity contribution in [2.75, 3.05) is 13.1 Å². The molecule has 0 aliphatic heterocycles. The topological polar surface area (TPSA) is 39.1 Å². The molecular formula is C15H29N3. The van der Waals surface area contributed by atoms with Gasteiger partial charge in [-0.25, -0.2) is 0 Å². The predicted molar refractivity (Wildman–Crippen MR) is 81.0 cm³/mol. The van der Waals surface area contributed by atoms with Crippen molar-refractivity contribution in [2.24, 2.45) is 5.92 Å². The van der Waals surface area contributed by atoms with Crippen LogP contribution in [0.25, 0.3) is 0 Å². The van der Waals surface area contributed by atoms with Crippen molar-refractivity contribution in [3.05, 3.63) is 24.6 Å². The molecule has 0 atom stereocenters. The summed E-state index contributed by atoms with van der Waals surface area (Å²) >= 11 is 0. The van der Waals surface area contributed by atoms with E-state index in [2.05, 4.69) is 37.6 Å². The van der Waals surface area contributed by atoms with E-state index in [0.29, 0.717) is 11.8 Å². The lowest BCUT2D eigenvalue weighted by Crippen LogP contribution is -2.28. The maximum atomic E-state index is 7.92. The molecule has 0 aromatic carbocycles. The van der Waals surface area contributed by atoms with Crippen molar-refractivity contribution in [3.63, 3.8) is 0 Å². The van der Waals surface area contributed by atoms with E-state index in [1.807, 2.05) is 26.1 Å². The molecule has 18 heavy (non-hydrogen) atoms. The number of allylic oxidation sites excluding steroid dienone is 1. The molecule has 0 aromatic heterocycles. The molecule has 0 aliphatic rings. The second kappa shape index (κ2) is 8.78. The lowest BCUT2D eigenvalue weighted by molar-refractivity contribution is 0.313. The maximum absolute atomic E-state index is 7.92. The van der Waals surface area contributed by atoms with Gasteiger partial charge in [0.2, 0.25) is 0 Å². The van der Waals surface area contributed by atoms with Crippen molar-refractivity contribution in [3.8, 4) is 0 Å². The lowest BCUT2D eigenvalue weighted by atomic mass is 10.1. The van der Waals surface area contributed by atoms with Crippen LogP contribution in [0.2, 0.25) is 0 Å². The molecule has 0 aromatic rings. The predicted octanol–water partition coefficient (Wildman–Crippen LogP) is 3.40. The smallest absolute Gasteiger partial charge is 0.0356 e. The highest BCUT2D eigenvalue weighted by atomic mass is 15.1. The van der Waals surface area contributed by atoms with Gasteiger partial charge < -0.3 is 15.6 Å². The summed E-state index contributed by atoms with van der Waals surface area (Å²) in [5, 5.41) is 11.3. The largest absolute Gasteiger partial charge is 0.389 e. The quantitative estimate of drug-likeness (QED) is 0.616. The number of hydrogen-bond acceptors (Lipinski definition) is 3. The zero-order valence-electron chi connectivity index (χ0n) is 12.6. The standard InChI is InChI=1S/C15H29N3/c1-7-17-14(11-15(16)12(3)4)9-10-18(8-2)13(5)6/h8,11-13,16-17H,2,7,9-10H2,1,3-6H3/b14-11-,16-15?. The van der Waals surface area contributed by atoms with Gasteiger partial charge in [0.05, 0.1) is 0 Å². The van der Waals surface area contributed by atoms with Crippen molar-refractivity contribution in [1.82, 2.24) is 10.2 Å². The second-order valence-corrected chi connectivity index (χ2v) is 5.07. The van der Waals surface area contributed by atoms with Crippen LogP contribution in [-0.4, -0.2) is 29.7 Å². The normalized spacial score (nSPS) is 11.8. The SMILES string of the molecule is C=CN(CC/C(=C/C(=N)C(C)C)NCC)C(C)C.